The lowest BCUT2D eigenvalue weighted by atomic mass is 10.3. The second-order valence-electron chi connectivity index (χ2n) is 5.82. The van der Waals surface area contributed by atoms with Gasteiger partial charge in [-0.1, -0.05) is 13.0 Å². The Kier molecular flexibility index (Phi) is 9.92. The van der Waals surface area contributed by atoms with E-state index < -0.39 is 0 Å². The van der Waals surface area contributed by atoms with Gasteiger partial charge in [0, 0.05) is 45.4 Å². The molecule has 144 valence electrons. The first-order valence-corrected chi connectivity index (χ1v) is 8.55. The first-order valence-electron chi connectivity index (χ1n) is 8.55. The molecule has 0 fully saturated rings. The molecule has 2 rings (SSSR count). The Bertz CT molecular complexity index is 670. The highest BCUT2D eigenvalue weighted by atomic mass is 127. The Hall–Kier alpha value is -1.91. The number of aryl methyl sites for hydroxylation is 1. The van der Waals surface area contributed by atoms with Gasteiger partial charge >= 0.3 is 0 Å². The van der Waals surface area contributed by atoms with Gasteiger partial charge in [-0.2, -0.15) is 0 Å². The Morgan fingerprint density at radius 2 is 2.12 bits per heavy atom. The third-order valence-corrected chi connectivity index (χ3v) is 3.49. The van der Waals surface area contributed by atoms with E-state index in [-0.39, 0.29) is 30.1 Å². The van der Waals surface area contributed by atoms with E-state index >= 15 is 0 Å². The van der Waals surface area contributed by atoms with E-state index in [0.29, 0.717) is 12.4 Å². The molecule has 26 heavy (non-hydrogen) atoms. The van der Waals surface area contributed by atoms with Crippen molar-refractivity contribution in [2.45, 2.75) is 46.4 Å². The molecule has 8 nitrogen and oxygen atoms in total. The summed E-state index contributed by atoms with van der Waals surface area (Å²) in [5.41, 5.74) is 1.06. The number of ether oxygens (including phenoxy) is 1. The second kappa shape index (κ2) is 11.7. The molecule has 0 aromatic carbocycles. The Morgan fingerprint density at radius 1 is 1.31 bits per heavy atom. The predicted octanol–water partition coefficient (Wildman–Crippen LogP) is 2.01. The molecule has 0 saturated heterocycles. The quantitative estimate of drug-likeness (QED) is 0.347. The van der Waals surface area contributed by atoms with Crippen molar-refractivity contribution < 1.29 is 4.74 Å². The molecule has 2 aromatic heterocycles. The molecule has 0 aliphatic heterocycles. The SMILES string of the molecule is CCc1nncn1CCNC(=NC)NCc1ccc(OC(C)C)nc1.I. The fraction of sp³-hybridized carbons (Fsp3) is 0.529. The molecule has 0 aliphatic carbocycles. The lowest BCUT2D eigenvalue weighted by Crippen LogP contribution is -2.38. The molecule has 2 aromatic rings. The third-order valence-electron chi connectivity index (χ3n) is 3.49. The van der Waals surface area contributed by atoms with Crippen LogP contribution < -0.4 is 15.4 Å². The van der Waals surface area contributed by atoms with Gasteiger partial charge in [-0.15, -0.1) is 34.2 Å². The van der Waals surface area contributed by atoms with Crippen LogP contribution in [-0.4, -0.2) is 45.4 Å². The number of nitrogens with zero attached hydrogens (tertiary/aromatic N) is 5. The summed E-state index contributed by atoms with van der Waals surface area (Å²) in [5, 5.41) is 14.6. The maximum Gasteiger partial charge on any atom is 0.213 e. The van der Waals surface area contributed by atoms with Gasteiger partial charge in [0.25, 0.3) is 0 Å². The van der Waals surface area contributed by atoms with Gasteiger partial charge in [0.15, 0.2) is 5.96 Å². The van der Waals surface area contributed by atoms with E-state index in [4.69, 9.17) is 4.74 Å². The molecular weight excluding hydrogens is 445 g/mol. The van der Waals surface area contributed by atoms with Crippen LogP contribution in [0.15, 0.2) is 29.6 Å². The lowest BCUT2D eigenvalue weighted by Gasteiger charge is -2.13. The summed E-state index contributed by atoms with van der Waals surface area (Å²) in [7, 11) is 1.75. The number of hydrogen-bond donors (Lipinski definition) is 2. The minimum absolute atomic E-state index is 0. The zero-order chi connectivity index (χ0) is 18.1. The summed E-state index contributed by atoms with van der Waals surface area (Å²) in [4.78, 5) is 8.53. The molecule has 2 heterocycles. The van der Waals surface area contributed by atoms with E-state index in [1.807, 2.05) is 36.7 Å². The number of rotatable bonds is 8. The average molecular weight is 473 g/mol. The van der Waals surface area contributed by atoms with E-state index in [1.54, 1.807) is 13.4 Å². The summed E-state index contributed by atoms with van der Waals surface area (Å²) in [6, 6.07) is 3.88. The normalized spacial score (nSPS) is 11.2. The maximum atomic E-state index is 5.54. The van der Waals surface area contributed by atoms with Gasteiger partial charge in [-0.25, -0.2) is 4.98 Å². The molecule has 0 radical (unpaired) electrons. The highest BCUT2D eigenvalue weighted by Gasteiger charge is 2.03. The number of nitrogens with one attached hydrogen (secondary N) is 2. The molecule has 0 bridgehead atoms. The zero-order valence-electron chi connectivity index (χ0n) is 15.8. The molecule has 0 spiro atoms. The minimum Gasteiger partial charge on any atom is -0.475 e. The number of aromatic nitrogens is 4. The van der Waals surface area contributed by atoms with Gasteiger partial charge in [0.05, 0.1) is 6.10 Å². The summed E-state index contributed by atoms with van der Waals surface area (Å²) >= 11 is 0. The lowest BCUT2D eigenvalue weighted by molar-refractivity contribution is 0.232. The summed E-state index contributed by atoms with van der Waals surface area (Å²) in [6.07, 6.45) is 4.56. The van der Waals surface area contributed by atoms with Crippen molar-refractivity contribution in [1.82, 2.24) is 30.4 Å². The van der Waals surface area contributed by atoms with Crippen LogP contribution in [0, 0.1) is 0 Å². The molecule has 0 saturated carbocycles. The molecule has 0 aliphatic rings. The number of hydrogen-bond acceptors (Lipinski definition) is 5. The fourth-order valence-electron chi connectivity index (χ4n) is 2.27. The van der Waals surface area contributed by atoms with Crippen LogP contribution in [-0.2, 0) is 19.5 Å². The van der Waals surface area contributed by atoms with Gasteiger partial charge in [0.1, 0.15) is 12.2 Å². The minimum atomic E-state index is 0. The van der Waals surface area contributed by atoms with Crippen molar-refractivity contribution in [1.29, 1.82) is 0 Å². The fourth-order valence-corrected chi connectivity index (χ4v) is 2.27. The number of guanidine groups is 1. The number of halogens is 1. The van der Waals surface area contributed by atoms with Crippen molar-refractivity contribution in [2.75, 3.05) is 13.6 Å². The van der Waals surface area contributed by atoms with Crippen LogP contribution in [0.1, 0.15) is 32.2 Å². The maximum absolute atomic E-state index is 5.54. The molecule has 2 N–H and O–H groups in total. The summed E-state index contributed by atoms with van der Waals surface area (Å²) < 4.78 is 7.58. The molecule has 0 atom stereocenters. The van der Waals surface area contributed by atoms with Crippen molar-refractivity contribution in [3.63, 3.8) is 0 Å². The van der Waals surface area contributed by atoms with E-state index in [1.165, 1.54) is 0 Å². The van der Waals surface area contributed by atoms with Crippen LogP contribution in [0.3, 0.4) is 0 Å². The molecule has 0 amide bonds. The molecule has 9 heteroatoms. The van der Waals surface area contributed by atoms with Gasteiger partial charge < -0.3 is 19.9 Å². The number of aliphatic imine (C=N–C) groups is 1. The Labute approximate surface area is 171 Å². The van der Waals surface area contributed by atoms with E-state index in [9.17, 15) is 0 Å². The highest BCUT2D eigenvalue weighted by Crippen LogP contribution is 2.09. The van der Waals surface area contributed by atoms with Crippen LogP contribution in [0.5, 0.6) is 5.88 Å². The van der Waals surface area contributed by atoms with Crippen molar-refractivity contribution in [3.05, 3.63) is 36.0 Å². The second-order valence-corrected chi connectivity index (χ2v) is 5.82. The Balaban J connectivity index is 0.00000338. The predicted molar refractivity (Wildman–Crippen MR) is 113 cm³/mol. The van der Waals surface area contributed by atoms with E-state index in [0.717, 1.165) is 36.9 Å². The highest BCUT2D eigenvalue weighted by molar-refractivity contribution is 14.0. The van der Waals surface area contributed by atoms with Crippen LogP contribution >= 0.6 is 24.0 Å². The molecular formula is C17H28IN7O. The largest absolute Gasteiger partial charge is 0.475 e. The van der Waals surface area contributed by atoms with Gasteiger partial charge in [0.2, 0.25) is 5.88 Å². The molecule has 0 unspecified atom stereocenters. The van der Waals surface area contributed by atoms with Crippen LogP contribution in [0.2, 0.25) is 0 Å². The van der Waals surface area contributed by atoms with Gasteiger partial charge in [-0.05, 0) is 19.4 Å². The van der Waals surface area contributed by atoms with Crippen molar-refractivity contribution in [3.8, 4) is 5.88 Å². The Morgan fingerprint density at radius 3 is 2.73 bits per heavy atom. The average Bonchev–Trinajstić information content (AvgIpc) is 3.06. The summed E-state index contributed by atoms with van der Waals surface area (Å²) in [5.74, 6) is 2.37. The summed E-state index contributed by atoms with van der Waals surface area (Å²) in [6.45, 7) is 8.21. The first kappa shape index (κ1) is 22.1. The van der Waals surface area contributed by atoms with Crippen LogP contribution in [0.25, 0.3) is 0 Å². The van der Waals surface area contributed by atoms with E-state index in [2.05, 4.69) is 37.7 Å². The first-order chi connectivity index (χ1) is 12.1. The van der Waals surface area contributed by atoms with Crippen molar-refractivity contribution >= 4 is 29.9 Å². The van der Waals surface area contributed by atoms with Gasteiger partial charge in [-0.3, -0.25) is 4.99 Å². The standard InChI is InChI=1S/C17H27N7O.HI/c1-5-15-23-22-12-24(15)9-8-19-17(18-4)21-11-14-6-7-16(20-10-14)25-13(2)3;/h6-7,10,12-13H,5,8-9,11H2,1-4H3,(H2,18,19,21);1H. The van der Waals surface area contributed by atoms with Crippen LogP contribution in [0.4, 0.5) is 0 Å². The monoisotopic (exact) mass is 473 g/mol. The third kappa shape index (κ3) is 7.14. The van der Waals surface area contributed by atoms with Crippen molar-refractivity contribution in [2.24, 2.45) is 4.99 Å². The zero-order valence-corrected chi connectivity index (χ0v) is 18.1. The smallest absolute Gasteiger partial charge is 0.213 e. The topological polar surface area (TPSA) is 89.2 Å². The number of pyridine rings is 1.